The minimum absolute atomic E-state index is 0.475. The van der Waals surface area contributed by atoms with Crippen molar-refractivity contribution >= 4 is 8.25 Å². The van der Waals surface area contributed by atoms with Crippen LogP contribution < -0.4 is 0 Å². The first kappa shape index (κ1) is 23.1. The van der Waals surface area contributed by atoms with Crippen LogP contribution >= 0.6 is 8.25 Å². The van der Waals surface area contributed by atoms with E-state index in [1.165, 1.54) is 70.6 Å². The Morgan fingerprint density at radius 2 is 1.13 bits per heavy atom. The Kier molecular flexibility index (Phi) is 18.5. The van der Waals surface area contributed by atoms with E-state index >= 15 is 0 Å². The van der Waals surface area contributed by atoms with Crippen LogP contribution in [0.25, 0.3) is 0 Å². The highest BCUT2D eigenvalue weighted by atomic mass is 31.1. The Balaban J connectivity index is 3.11. The Morgan fingerprint density at radius 1 is 0.696 bits per heavy atom. The van der Waals surface area contributed by atoms with Crippen LogP contribution in [0.4, 0.5) is 0 Å². The summed E-state index contributed by atoms with van der Waals surface area (Å²) in [5.41, 5.74) is 0. The Labute approximate surface area is 145 Å². The standard InChI is InChI=1S/C18H40NO3P/c1-4-5-6-7-8-9-10-11-12-13-14-15-17-21-23(20)22-18-16-19(2)3/h23H,4-18H2,1-3H3. The predicted octanol–water partition coefficient (Wildman–Crippen LogP) is 5.67. The van der Waals surface area contributed by atoms with Crippen LogP contribution in [0.15, 0.2) is 0 Å². The molecule has 0 spiro atoms. The average molecular weight is 349 g/mol. The van der Waals surface area contributed by atoms with Crippen LogP contribution in [-0.2, 0) is 13.6 Å². The molecule has 0 rings (SSSR count). The van der Waals surface area contributed by atoms with Crippen LogP contribution in [-0.4, -0.2) is 38.8 Å². The summed E-state index contributed by atoms with van der Waals surface area (Å²) in [6, 6.07) is 0. The monoisotopic (exact) mass is 349 g/mol. The Bertz CT molecular complexity index is 263. The summed E-state index contributed by atoms with van der Waals surface area (Å²) < 4.78 is 21.8. The number of hydrogen-bond donors (Lipinski definition) is 0. The van der Waals surface area contributed by atoms with Crippen LogP contribution in [0, 0.1) is 0 Å². The maximum Gasteiger partial charge on any atom is 0.319 e. The molecular weight excluding hydrogens is 309 g/mol. The molecule has 0 aliphatic carbocycles. The first-order chi connectivity index (χ1) is 11.2. The highest BCUT2D eigenvalue weighted by Crippen LogP contribution is 2.23. The first-order valence-corrected chi connectivity index (χ1v) is 10.8. The fourth-order valence-corrected chi connectivity index (χ4v) is 3.10. The van der Waals surface area contributed by atoms with E-state index in [2.05, 4.69) is 6.92 Å². The van der Waals surface area contributed by atoms with Crippen molar-refractivity contribution in [3.05, 3.63) is 0 Å². The molecule has 0 aliphatic rings. The van der Waals surface area contributed by atoms with Gasteiger partial charge in [-0.1, -0.05) is 77.6 Å². The molecule has 4 nitrogen and oxygen atoms in total. The number of likely N-dealkylation sites (N-methyl/N-ethyl adjacent to an activating group) is 1. The molecule has 0 fully saturated rings. The molecule has 0 aromatic carbocycles. The molecule has 0 radical (unpaired) electrons. The normalized spacial score (nSPS) is 12.9. The van der Waals surface area contributed by atoms with Gasteiger partial charge < -0.3 is 13.9 Å². The average Bonchev–Trinajstić information content (AvgIpc) is 2.51. The van der Waals surface area contributed by atoms with Crippen molar-refractivity contribution in [3.8, 4) is 0 Å². The molecule has 0 aromatic heterocycles. The van der Waals surface area contributed by atoms with Gasteiger partial charge in [-0.2, -0.15) is 0 Å². The second-order valence-electron chi connectivity index (χ2n) is 6.64. The lowest BCUT2D eigenvalue weighted by Gasteiger charge is -2.09. The maximum absolute atomic E-state index is 11.4. The van der Waals surface area contributed by atoms with Crippen LogP contribution in [0.3, 0.4) is 0 Å². The number of unbranched alkanes of at least 4 members (excludes halogenated alkanes) is 11. The molecular formula is C18H40NO3P. The molecule has 0 N–H and O–H groups in total. The molecule has 1 unspecified atom stereocenters. The summed E-state index contributed by atoms with van der Waals surface area (Å²) in [4.78, 5) is 2.00. The van der Waals surface area contributed by atoms with E-state index in [4.69, 9.17) is 9.05 Å². The van der Waals surface area contributed by atoms with E-state index in [1.807, 2.05) is 19.0 Å². The van der Waals surface area contributed by atoms with Crippen molar-refractivity contribution in [1.82, 2.24) is 4.90 Å². The summed E-state index contributed by atoms with van der Waals surface area (Å²) in [6.07, 6.45) is 15.9. The Morgan fingerprint density at radius 3 is 1.61 bits per heavy atom. The number of hydrogen-bond acceptors (Lipinski definition) is 4. The highest BCUT2D eigenvalue weighted by Gasteiger charge is 2.00. The summed E-state index contributed by atoms with van der Waals surface area (Å²) in [5.74, 6) is 0. The van der Waals surface area contributed by atoms with Gasteiger partial charge in [0.1, 0.15) is 0 Å². The van der Waals surface area contributed by atoms with E-state index in [9.17, 15) is 4.57 Å². The van der Waals surface area contributed by atoms with Crippen molar-refractivity contribution in [3.63, 3.8) is 0 Å². The topological polar surface area (TPSA) is 38.8 Å². The number of rotatable bonds is 18. The largest absolute Gasteiger partial charge is 0.319 e. The SMILES string of the molecule is CCCCCCCCCCCCCCO[PH](=O)OCCN(C)C. The van der Waals surface area contributed by atoms with E-state index in [1.54, 1.807) is 0 Å². The third-order valence-corrected chi connectivity index (χ3v) is 4.86. The summed E-state index contributed by atoms with van der Waals surface area (Å²) in [5, 5.41) is 0. The molecule has 140 valence electrons. The predicted molar refractivity (Wildman–Crippen MR) is 101 cm³/mol. The molecule has 0 saturated carbocycles. The van der Waals surface area contributed by atoms with Crippen molar-refractivity contribution in [2.75, 3.05) is 33.9 Å². The van der Waals surface area contributed by atoms with E-state index in [0.717, 1.165) is 13.0 Å². The van der Waals surface area contributed by atoms with E-state index < -0.39 is 8.25 Å². The molecule has 0 aliphatic heterocycles. The van der Waals surface area contributed by atoms with Crippen molar-refractivity contribution < 1.29 is 13.6 Å². The van der Waals surface area contributed by atoms with Gasteiger partial charge in [0.15, 0.2) is 0 Å². The lowest BCUT2D eigenvalue weighted by atomic mass is 10.1. The fraction of sp³-hybridized carbons (Fsp3) is 1.00. The van der Waals surface area contributed by atoms with Gasteiger partial charge in [-0.3, -0.25) is 4.57 Å². The van der Waals surface area contributed by atoms with Crippen molar-refractivity contribution in [1.29, 1.82) is 0 Å². The molecule has 5 heteroatoms. The van der Waals surface area contributed by atoms with Gasteiger partial charge in [-0.25, -0.2) is 0 Å². The van der Waals surface area contributed by atoms with Gasteiger partial charge in [0, 0.05) is 6.54 Å². The first-order valence-electron chi connectivity index (χ1n) is 9.61. The van der Waals surface area contributed by atoms with Crippen molar-refractivity contribution in [2.45, 2.75) is 84.0 Å². The molecule has 0 heterocycles. The molecule has 1 atom stereocenters. The smallest absolute Gasteiger partial charge is 0.311 e. The van der Waals surface area contributed by atoms with E-state index in [-0.39, 0.29) is 0 Å². The van der Waals surface area contributed by atoms with Gasteiger partial charge in [0.05, 0.1) is 13.2 Å². The lowest BCUT2D eigenvalue weighted by molar-refractivity contribution is 0.205. The van der Waals surface area contributed by atoms with Crippen LogP contribution in [0.2, 0.25) is 0 Å². The van der Waals surface area contributed by atoms with Crippen LogP contribution in [0.5, 0.6) is 0 Å². The second kappa shape index (κ2) is 18.4. The zero-order valence-corrected chi connectivity index (χ0v) is 16.8. The summed E-state index contributed by atoms with van der Waals surface area (Å²) in [6.45, 7) is 4.08. The molecule has 0 amide bonds. The zero-order valence-electron chi connectivity index (χ0n) is 15.8. The maximum atomic E-state index is 11.4. The van der Waals surface area contributed by atoms with Gasteiger partial charge in [0.25, 0.3) is 0 Å². The van der Waals surface area contributed by atoms with Crippen molar-refractivity contribution in [2.24, 2.45) is 0 Å². The number of nitrogens with zero attached hydrogens (tertiary/aromatic N) is 1. The molecule has 0 bridgehead atoms. The van der Waals surface area contributed by atoms with E-state index in [0.29, 0.717) is 13.2 Å². The van der Waals surface area contributed by atoms with Gasteiger partial charge in [0.2, 0.25) is 0 Å². The minimum atomic E-state index is -2.28. The highest BCUT2D eigenvalue weighted by molar-refractivity contribution is 7.33. The van der Waals surface area contributed by atoms with Gasteiger partial charge in [-0.05, 0) is 20.5 Å². The van der Waals surface area contributed by atoms with Gasteiger partial charge >= 0.3 is 8.25 Å². The summed E-state index contributed by atoms with van der Waals surface area (Å²) in [7, 11) is 1.66. The molecule has 23 heavy (non-hydrogen) atoms. The summed E-state index contributed by atoms with van der Waals surface area (Å²) >= 11 is 0. The fourth-order valence-electron chi connectivity index (χ4n) is 2.45. The third-order valence-electron chi connectivity index (χ3n) is 3.98. The minimum Gasteiger partial charge on any atom is -0.311 e. The Hall–Kier alpha value is 0.110. The quantitative estimate of drug-likeness (QED) is 0.236. The second-order valence-corrected chi connectivity index (χ2v) is 7.72. The third kappa shape index (κ3) is 20.1. The van der Waals surface area contributed by atoms with Crippen LogP contribution in [0.1, 0.15) is 84.0 Å². The zero-order chi connectivity index (χ0) is 17.2. The lowest BCUT2D eigenvalue weighted by Crippen LogP contribution is -2.16. The molecule has 0 saturated heterocycles. The molecule has 0 aromatic rings. The van der Waals surface area contributed by atoms with Gasteiger partial charge in [-0.15, -0.1) is 0 Å².